The first-order valence-electron chi connectivity index (χ1n) is 21.2. The second-order valence-electron chi connectivity index (χ2n) is 14.4. The average molecular weight is 674 g/mol. The van der Waals surface area contributed by atoms with Gasteiger partial charge in [0.05, 0.1) is 18.8 Å². The Balaban J connectivity index is 3.44. The van der Waals surface area contributed by atoms with Gasteiger partial charge in [-0.1, -0.05) is 198 Å². The van der Waals surface area contributed by atoms with Gasteiger partial charge in [-0.15, -0.1) is 0 Å². The quantitative estimate of drug-likeness (QED) is 0.0451. The predicted molar refractivity (Wildman–Crippen MR) is 212 cm³/mol. The van der Waals surface area contributed by atoms with Crippen molar-refractivity contribution in [3.63, 3.8) is 0 Å². The summed E-state index contributed by atoms with van der Waals surface area (Å²) in [6.07, 6.45) is 52.4. The van der Waals surface area contributed by atoms with E-state index in [2.05, 4.69) is 55.6 Å². The minimum absolute atomic E-state index is 0.0367. The molecule has 4 heteroatoms. The predicted octanol–water partition coefficient (Wildman–Crippen LogP) is 13.0. The van der Waals surface area contributed by atoms with Crippen LogP contribution in [-0.4, -0.2) is 34.9 Å². The number of aliphatic hydroxyl groups excluding tert-OH is 2. The summed E-state index contributed by atoms with van der Waals surface area (Å²) in [5.41, 5.74) is 0. The maximum atomic E-state index is 12.3. The Morgan fingerprint density at radius 3 is 1.27 bits per heavy atom. The maximum Gasteiger partial charge on any atom is 0.220 e. The summed E-state index contributed by atoms with van der Waals surface area (Å²) >= 11 is 0. The summed E-state index contributed by atoms with van der Waals surface area (Å²) in [4.78, 5) is 12.3. The number of carbonyl (C=O) groups excluding carboxylic acids is 1. The van der Waals surface area contributed by atoms with Gasteiger partial charge in [0.15, 0.2) is 0 Å². The molecule has 3 N–H and O–H groups in total. The van der Waals surface area contributed by atoms with Crippen molar-refractivity contribution in [1.29, 1.82) is 0 Å². The zero-order valence-corrected chi connectivity index (χ0v) is 32.3. The molecular weight excluding hydrogens is 590 g/mol. The van der Waals surface area contributed by atoms with Gasteiger partial charge in [0.1, 0.15) is 0 Å². The van der Waals surface area contributed by atoms with Crippen LogP contribution < -0.4 is 5.32 Å². The first kappa shape index (κ1) is 46.6. The molecule has 48 heavy (non-hydrogen) atoms. The summed E-state index contributed by atoms with van der Waals surface area (Å²) in [6, 6.07) is -0.532. The van der Waals surface area contributed by atoms with Gasteiger partial charge in [0, 0.05) is 6.42 Å². The van der Waals surface area contributed by atoms with Crippen molar-refractivity contribution < 1.29 is 15.0 Å². The molecule has 0 spiro atoms. The van der Waals surface area contributed by atoms with Gasteiger partial charge >= 0.3 is 0 Å². The number of carbonyl (C=O) groups is 1. The number of hydrogen-bond donors (Lipinski definition) is 3. The minimum Gasteiger partial charge on any atom is -0.394 e. The van der Waals surface area contributed by atoms with E-state index >= 15 is 0 Å². The third-order valence-corrected chi connectivity index (χ3v) is 9.65. The fourth-order valence-corrected chi connectivity index (χ4v) is 6.37. The van der Waals surface area contributed by atoms with Crippen LogP contribution >= 0.6 is 0 Å². The fourth-order valence-electron chi connectivity index (χ4n) is 6.37. The summed E-state index contributed by atoms with van der Waals surface area (Å²) in [7, 11) is 0. The van der Waals surface area contributed by atoms with E-state index in [9.17, 15) is 15.0 Å². The van der Waals surface area contributed by atoms with Crippen molar-refractivity contribution in [1.82, 2.24) is 5.32 Å². The number of rotatable bonds is 38. The lowest BCUT2D eigenvalue weighted by Gasteiger charge is -2.22. The van der Waals surface area contributed by atoms with E-state index in [0.717, 1.165) is 38.5 Å². The van der Waals surface area contributed by atoms with E-state index in [4.69, 9.17) is 0 Å². The molecule has 1 amide bonds. The van der Waals surface area contributed by atoms with Crippen molar-refractivity contribution >= 4 is 5.91 Å². The molecule has 0 saturated heterocycles. The molecule has 0 aromatic carbocycles. The van der Waals surface area contributed by atoms with Crippen molar-refractivity contribution in [3.8, 4) is 0 Å². The molecule has 0 heterocycles. The van der Waals surface area contributed by atoms with Gasteiger partial charge in [-0.05, 0) is 51.4 Å². The highest BCUT2D eigenvalue weighted by Gasteiger charge is 2.19. The molecule has 0 bridgehead atoms. The molecule has 0 rings (SSSR count). The van der Waals surface area contributed by atoms with Crippen LogP contribution in [-0.2, 0) is 4.79 Å². The third-order valence-electron chi connectivity index (χ3n) is 9.65. The zero-order chi connectivity index (χ0) is 35.0. The van der Waals surface area contributed by atoms with Crippen LogP contribution in [0.2, 0.25) is 0 Å². The summed E-state index contributed by atoms with van der Waals surface area (Å²) < 4.78 is 0. The minimum atomic E-state index is -0.655. The topological polar surface area (TPSA) is 69.6 Å². The molecular formula is C44H83NO3. The summed E-state index contributed by atoms with van der Waals surface area (Å²) in [6.45, 7) is 4.30. The Morgan fingerprint density at radius 1 is 0.500 bits per heavy atom. The number of amides is 1. The van der Waals surface area contributed by atoms with Gasteiger partial charge in [-0.2, -0.15) is 0 Å². The molecule has 0 aliphatic heterocycles. The number of allylic oxidation sites excluding steroid dienone is 6. The maximum absolute atomic E-state index is 12.3. The van der Waals surface area contributed by atoms with Crippen LogP contribution in [0.1, 0.15) is 219 Å². The van der Waals surface area contributed by atoms with Crippen LogP contribution in [0.15, 0.2) is 36.5 Å². The number of nitrogens with one attached hydrogen (secondary N) is 1. The second kappa shape index (κ2) is 40.0. The van der Waals surface area contributed by atoms with E-state index in [-0.39, 0.29) is 12.5 Å². The van der Waals surface area contributed by atoms with E-state index in [1.54, 1.807) is 0 Å². The lowest BCUT2D eigenvalue weighted by Crippen LogP contribution is -2.45. The zero-order valence-electron chi connectivity index (χ0n) is 32.3. The first-order valence-corrected chi connectivity index (χ1v) is 21.2. The van der Waals surface area contributed by atoms with Crippen LogP contribution in [0, 0.1) is 0 Å². The molecule has 0 aliphatic rings. The molecule has 0 fully saturated rings. The molecule has 0 aromatic heterocycles. The van der Waals surface area contributed by atoms with Crippen LogP contribution in [0.5, 0.6) is 0 Å². The molecule has 282 valence electrons. The number of hydrogen-bond acceptors (Lipinski definition) is 3. The van der Waals surface area contributed by atoms with E-state index in [0.29, 0.717) is 12.8 Å². The Morgan fingerprint density at radius 2 is 0.854 bits per heavy atom. The van der Waals surface area contributed by atoms with Gasteiger partial charge in [0.25, 0.3) is 0 Å². The molecule has 0 aromatic rings. The van der Waals surface area contributed by atoms with Crippen LogP contribution in [0.3, 0.4) is 0 Å². The molecule has 0 saturated carbocycles. The van der Waals surface area contributed by atoms with Crippen molar-refractivity contribution in [2.24, 2.45) is 0 Å². The number of aliphatic hydroxyl groups is 2. The Bertz CT molecular complexity index is 731. The van der Waals surface area contributed by atoms with Crippen molar-refractivity contribution in [2.75, 3.05) is 6.61 Å². The van der Waals surface area contributed by atoms with E-state index in [1.807, 2.05) is 0 Å². The van der Waals surface area contributed by atoms with Crippen LogP contribution in [0.4, 0.5) is 0 Å². The SMILES string of the molecule is CCCCCCC/C=C\C/C=C\C/C=C\CCCCCCCCCCCCCCCCC(=O)NC(CO)C(O)CCCCCCCCC. The Labute approximate surface area is 300 Å². The summed E-state index contributed by atoms with van der Waals surface area (Å²) in [5, 5.41) is 22.9. The Hall–Kier alpha value is -1.39. The van der Waals surface area contributed by atoms with Gasteiger partial charge in [-0.25, -0.2) is 0 Å². The molecule has 0 radical (unpaired) electrons. The van der Waals surface area contributed by atoms with Crippen LogP contribution in [0.25, 0.3) is 0 Å². The lowest BCUT2D eigenvalue weighted by atomic mass is 10.0. The highest BCUT2D eigenvalue weighted by molar-refractivity contribution is 5.76. The number of unbranched alkanes of at least 4 members (excludes halogenated alkanes) is 25. The smallest absolute Gasteiger partial charge is 0.220 e. The highest BCUT2D eigenvalue weighted by atomic mass is 16.3. The molecule has 4 nitrogen and oxygen atoms in total. The third kappa shape index (κ3) is 35.9. The largest absolute Gasteiger partial charge is 0.394 e. The first-order chi connectivity index (χ1) is 23.7. The fraction of sp³-hybridized carbons (Fsp3) is 0.841. The summed E-state index contributed by atoms with van der Waals surface area (Å²) in [5.74, 6) is -0.0367. The normalized spacial score (nSPS) is 13.3. The van der Waals surface area contributed by atoms with E-state index < -0.39 is 12.1 Å². The van der Waals surface area contributed by atoms with Gasteiger partial charge in [0.2, 0.25) is 5.91 Å². The highest BCUT2D eigenvalue weighted by Crippen LogP contribution is 2.15. The lowest BCUT2D eigenvalue weighted by molar-refractivity contribution is -0.123. The molecule has 2 atom stereocenters. The van der Waals surface area contributed by atoms with Gasteiger partial charge in [-0.3, -0.25) is 4.79 Å². The molecule has 2 unspecified atom stereocenters. The molecule has 0 aliphatic carbocycles. The van der Waals surface area contributed by atoms with E-state index in [1.165, 1.54) is 154 Å². The standard InChI is InChI=1S/C44H83NO3/c1-3-5-7-9-11-12-13-14-15-16-17-18-19-20-21-22-23-24-25-26-27-28-29-30-31-32-34-36-38-40-44(48)45-42(41-46)43(47)39-37-35-33-10-8-6-4-2/h13-14,16-17,19-20,42-43,46-47H,3-12,15,18,21-41H2,1-2H3,(H,45,48)/b14-13-,17-16-,20-19-. The second-order valence-corrected chi connectivity index (χ2v) is 14.4. The average Bonchev–Trinajstić information content (AvgIpc) is 3.09. The van der Waals surface area contributed by atoms with Gasteiger partial charge < -0.3 is 15.5 Å². The van der Waals surface area contributed by atoms with Crippen molar-refractivity contribution in [2.45, 2.75) is 231 Å². The monoisotopic (exact) mass is 674 g/mol. The Kier molecular flexibility index (Phi) is 38.9. The van der Waals surface area contributed by atoms with Crippen molar-refractivity contribution in [3.05, 3.63) is 36.5 Å².